The number of Topliss-reactive ketones (excluding diaryl/α,β-unsaturated/α-hetero) is 1. The van der Waals surface area contributed by atoms with Crippen LogP contribution in [-0.4, -0.2) is 29.7 Å². The molecular formula is C17H23NO2. The van der Waals surface area contributed by atoms with Crippen LogP contribution >= 0.6 is 0 Å². The van der Waals surface area contributed by atoms with Gasteiger partial charge in [-0.3, -0.25) is 9.59 Å². The minimum absolute atomic E-state index is 0.133. The van der Waals surface area contributed by atoms with Gasteiger partial charge in [-0.25, -0.2) is 0 Å². The van der Waals surface area contributed by atoms with Gasteiger partial charge in [-0.2, -0.15) is 0 Å². The molecule has 0 N–H and O–H groups in total. The molecular weight excluding hydrogens is 250 g/mol. The largest absolute Gasteiger partial charge is 0.342 e. The first kappa shape index (κ1) is 14.8. The zero-order valence-corrected chi connectivity index (χ0v) is 12.4. The summed E-state index contributed by atoms with van der Waals surface area (Å²) in [7, 11) is 0. The number of rotatable bonds is 4. The van der Waals surface area contributed by atoms with Crippen molar-refractivity contribution in [3.05, 3.63) is 35.4 Å². The minimum atomic E-state index is 0.133. The molecule has 1 heterocycles. The molecule has 1 aromatic carbocycles. The first-order chi connectivity index (χ1) is 9.54. The van der Waals surface area contributed by atoms with Crippen molar-refractivity contribution in [3.8, 4) is 0 Å². The Balaban J connectivity index is 1.89. The van der Waals surface area contributed by atoms with Gasteiger partial charge in [0.1, 0.15) is 5.78 Å². The van der Waals surface area contributed by atoms with E-state index in [2.05, 4.69) is 26.0 Å². The zero-order valence-electron chi connectivity index (χ0n) is 12.4. The van der Waals surface area contributed by atoms with Crippen LogP contribution in [0.5, 0.6) is 0 Å². The maximum Gasteiger partial charge on any atom is 0.227 e. The number of likely N-dealkylation sites (tertiary alicyclic amines) is 1. The molecule has 0 aromatic heterocycles. The van der Waals surface area contributed by atoms with E-state index in [1.54, 1.807) is 0 Å². The van der Waals surface area contributed by atoms with Gasteiger partial charge in [0, 0.05) is 25.9 Å². The normalized spacial score (nSPS) is 15.8. The quantitative estimate of drug-likeness (QED) is 0.845. The van der Waals surface area contributed by atoms with Gasteiger partial charge in [0.2, 0.25) is 5.91 Å². The first-order valence-corrected chi connectivity index (χ1v) is 7.42. The standard InChI is InChI=1S/C17H23NO2/c1-13(2)11-14-3-5-15(6-4-14)12-17(20)18-9-7-16(19)8-10-18/h3-6,13H,7-12H2,1-2H3. The Hall–Kier alpha value is -1.64. The van der Waals surface area contributed by atoms with E-state index >= 15 is 0 Å². The van der Waals surface area contributed by atoms with Gasteiger partial charge < -0.3 is 4.90 Å². The molecule has 1 amide bonds. The molecule has 1 aromatic rings. The van der Waals surface area contributed by atoms with Crippen LogP contribution in [0.25, 0.3) is 0 Å². The maximum absolute atomic E-state index is 12.2. The average molecular weight is 273 g/mol. The Morgan fingerprint density at radius 3 is 2.20 bits per heavy atom. The summed E-state index contributed by atoms with van der Waals surface area (Å²) in [5.74, 6) is 1.05. The van der Waals surface area contributed by atoms with Crippen molar-refractivity contribution in [1.82, 2.24) is 4.90 Å². The number of hydrogen-bond acceptors (Lipinski definition) is 2. The van der Waals surface area contributed by atoms with E-state index < -0.39 is 0 Å². The van der Waals surface area contributed by atoms with Crippen LogP contribution in [0.15, 0.2) is 24.3 Å². The van der Waals surface area contributed by atoms with E-state index in [1.165, 1.54) is 5.56 Å². The Labute approximate surface area is 121 Å². The lowest BCUT2D eigenvalue weighted by atomic mass is 10.0. The number of amides is 1. The Kier molecular flexibility index (Phi) is 4.94. The summed E-state index contributed by atoms with van der Waals surface area (Å²) in [6.07, 6.45) is 2.54. The van der Waals surface area contributed by atoms with Crippen molar-refractivity contribution in [1.29, 1.82) is 0 Å². The summed E-state index contributed by atoms with van der Waals surface area (Å²) in [5.41, 5.74) is 2.37. The molecule has 0 bridgehead atoms. The van der Waals surface area contributed by atoms with Crippen molar-refractivity contribution in [2.45, 2.75) is 39.5 Å². The van der Waals surface area contributed by atoms with Gasteiger partial charge in [-0.1, -0.05) is 38.1 Å². The summed E-state index contributed by atoms with van der Waals surface area (Å²) in [6.45, 7) is 5.58. The number of nitrogens with zero attached hydrogens (tertiary/aromatic N) is 1. The van der Waals surface area contributed by atoms with Crippen LogP contribution in [0.4, 0.5) is 0 Å². The molecule has 0 spiro atoms. The van der Waals surface area contributed by atoms with Crippen LogP contribution in [0.2, 0.25) is 0 Å². The molecule has 0 saturated carbocycles. The lowest BCUT2D eigenvalue weighted by Crippen LogP contribution is -2.39. The number of ketones is 1. The molecule has 1 saturated heterocycles. The third-order valence-corrected chi connectivity index (χ3v) is 3.70. The predicted molar refractivity (Wildman–Crippen MR) is 79.5 cm³/mol. The Morgan fingerprint density at radius 1 is 1.10 bits per heavy atom. The fraction of sp³-hybridized carbons (Fsp3) is 0.529. The monoisotopic (exact) mass is 273 g/mol. The molecule has 1 aliphatic rings. The van der Waals surface area contributed by atoms with Crippen molar-refractivity contribution in [2.24, 2.45) is 5.92 Å². The van der Waals surface area contributed by atoms with E-state index in [-0.39, 0.29) is 11.7 Å². The molecule has 20 heavy (non-hydrogen) atoms. The summed E-state index contributed by atoms with van der Waals surface area (Å²) in [5, 5.41) is 0. The minimum Gasteiger partial charge on any atom is -0.342 e. The number of carbonyl (C=O) groups excluding carboxylic acids is 2. The SMILES string of the molecule is CC(C)Cc1ccc(CC(=O)N2CCC(=O)CC2)cc1. The average Bonchev–Trinajstić information content (AvgIpc) is 2.41. The van der Waals surface area contributed by atoms with Gasteiger partial charge in [-0.15, -0.1) is 0 Å². The summed E-state index contributed by atoms with van der Waals surface area (Å²) in [4.78, 5) is 25.1. The van der Waals surface area contributed by atoms with Crippen LogP contribution < -0.4 is 0 Å². The molecule has 3 heteroatoms. The molecule has 1 aliphatic heterocycles. The molecule has 1 fully saturated rings. The van der Waals surface area contributed by atoms with Gasteiger partial charge in [-0.05, 0) is 23.5 Å². The number of carbonyl (C=O) groups is 2. The van der Waals surface area contributed by atoms with Crippen LogP contribution in [0, 0.1) is 5.92 Å². The lowest BCUT2D eigenvalue weighted by molar-refractivity contribution is -0.133. The van der Waals surface area contributed by atoms with E-state index in [4.69, 9.17) is 0 Å². The summed E-state index contributed by atoms with van der Waals surface area (Å²) >= 11 is 0. The van der Waals surface area contributed by atoms with Crippen LogP contribution in [-0.2, 0) is 22.4 Å². The first-order valence-electron chi connectivity index (χ1n) is 7.42. The molecule has 2 rings (SSSR count). The second kappa shape index (κ2) is 6.69. The molecule has 108 valence electrons. The highest BCUT2D eigenvalue weighted by Gasteiger charge is 2.20. The molecule has 0 aliphatic carbocycles. The third-order valence-electron chi connectivity index (χ3n) is 3.70. The summed E-state index contributed by atoms with van der Waals surface area (Å²) in [6, 6.07) is 8.32. The van der Waals surface area contributed by atoms with E-state index in [0.29, 0.717) is 38.3 Å². The Morgan fingerprint density at radius 2 is 1.65 bits per heavy atom. The smallest absolute Gasteiger partial charge is 0.227 e. The zero-order chi connectivity index (χ0) is 14.5. The highest BCUT2D eigenvalue weighted by atomic mass is 16.2. The number of piperidine rings is 1. The molecule has 3 nitrogen and oxygen atoms in total. The fourth-order valence-corrected chi connectivity index (χ4v) is 2.56. The Bertz CT molecular complexity index is 466. The van der Waals surface area contributed by atoms with E-state index in [0.717, 1.165) is 12.0 Å². The highest BCUT2D eigenvalue weighted by Crippen LogP contribution is 2.12. The van der Waals surface area contributed by atoms with Gasteiger partial charge in [0.25, 0.3) is 0 Å². The van der Waals surface area contributed by atoms with Gasteiger partial charge >= 0.3 is 0 Å². The van der Waals surface area contributed by atoms with Crippen molar-refractivity contribution in [2.75, 3.05) is 13.1 Å². The topological polar surface area (TPSA) is 37.4 Å². The van der Waals surface area contributed by atoms with Gasteiger partial charge in [0.15, 0.2) is 0 Å². The van der Waals surface area contributed by atoms with Crippen LogP contribution in [0.3, 0.4) is 0 Å². The summed E-state index contributed by atoms with van der Waals surface area (Å²) < 4.78 is 0. The predicted octanol–water partition coefficient (Wildman–Crippen LogP) is 2.62. The van der Waals surface area contributed by atoms with Crippen molar-refractivity contribution in [3.63, 3.8) is 0 Å². The number of hydrogen-bond donors (Lipinski definition) is 0. The molecule has 0 atom stereocenters. The maximum atomic E-state index is 12.2. The lowest BCUT2D eigenvalue weighted by Gasteiger charge is -2.26. The number of benzene rings is 1. The van der Waals surface area contributed by atoms with Gasteiger partial charge in [0.05, 0.1) is 6.42 Å². The van der Waals surface area contributed by atoms with Crippen molar-refractivity contribution < 1.29 is 9.59 Å². The van der Waals surface area contributed by atoms with Crippen molar-refractivity contribution >= 4 is 11.7 Å². The second-order valence-electron chi connectivity index (χ2n) is 6.01. The molecule has 0 unspecified atom stereocenters. The fourth-order valence-electron chi connectivity index (χ4n) is 2.56. The van der Waals surface area contributed by atoms with E-state index in [9.17, 15) is 9.59 Å². The molecule has 0 radical (unpaired) electrons. The van der Waals surface area contributed by atoms with E-state index in [1.807, 2.05) is 17.0 Å². The highest BCUT2D eigenvalue weighted by molar-refractivity contribution is 5.84. The third kappa shape index (κ3) is 4.19. The second-order valence-corrected chi connectivity index (χ2v) is 6.01. The van der Waals surface area contributed by atoms with Crippen LogP contribution in [0.1, 0.15) is 37.8 Å².